The Morgan fingerprint density at radius 3 is 1.90 bits per heavy atom. The fourth-order valence-corrected chi connectivity index (χ4v) is 3.54. The Balaban J connectivity index is 0.000000172. The topological polar surface area (TPSA) is 78.8 Å². The van der Waals surface area contributed by atoms with Crippen LogP contribution in [0, 0.1) is 11.6 Å². The number of esters is 1. The smallest absolute Gasteiger partial charge is 0.339 e. The molecule has 1 N–H and O–H groups in total. The van der Waals surface area contributed by atoms with E-state index >= 15 is 0 Å². The number of hydrogen-bond acceptors (Lipinski definition) is 7. The summed E-state index contributed by atoms with van der Waals surface area (Å²) in [6, 6.07) is 2.52. The molecular weight excluding hydrogens is 394 g/mol. The highest BCUT2D eigenvalue weighted by Gasteiger charge is 2.19. The Hall–Kier alpha value is -2.81. The van der Waals surface area contributed by atoms with Crippen LogP contribution in [0.3, 0.4) is 0 Å². The number of halogens is 2. The zero-order chi connectivity index (χ0) is 21.5. The standard InChI is InChI=1S/C11H13FN2O2.C10H13FN2O/c1-16-11(15)8-6-9(12)10(13-7-8)14-4-2-3-5-14;11-9-5-8(7-14)6-12-10(9)13-3-1-2-4-13/h6-7H,2-5H2,1H3;5-6,14H,1-4,7H2. The Bertz CT molecular complexity index is 869. The van der Waals surface area contributed by atoms with E-state index in [-0.39, 0.29) is 18.0 Å². The molecule has 0 bridgehead atoms. The molecule has 2 fully saturated rings. The summed E-state index contributed by atoms with van der Waals surface area (Å²) in [5.74, 6) is -0.632. The number of rotatable bonds is 4. The van der Waals surface area contributed by atoms with Gasteiger partial charge in [0.15, 0.2) is 23.3 Å². The first-order valence-corrected chi connectivity index (χ1v) is 10.0. The Morgan fingerprint density at radius 1 is 0.967 bits per heavy atom. The summed E-state index contributed by atoms with van der Waals surface area (Å²) >= 11 is 0. The summed E-state index contributed by atoms with van der Waals surface area (Å²) < 4.78 is 31.7. The van der Waals surface area contributed by atoms with Crippen LogP contribution in [0.25, 0.3) is 0 Å². The summed E-state index contributed by atoms with van der Waals surface area (Å²) in [6.07, 6.45) is 7.19. The third kappa shape index (κ3) is 5.21. The van der Waals surface area contributed by atoms with E-state index in [1.165, 1.54) is 31.6 Å². The fourth-order valence-electron chi connectivity index (χ4n) is 3.54. The molecule has 2 aromatic rings. The predicted molar refractivity (Wildman–Crippen MR) is 109 cm³/mol. The van der Waals surface area contributed by atoms with Crippen molar-refractivity contribution < 1.29 is 23.4 Å². The molecule has 7 nitrogen and oxygen atoms in total. The van der Waals surface area contributed by atoms with Gasteiger partial charge in [0, 0.05) is 38.6 Å². The van der Waals surface area contributed by atoms with Gasteiger partial charge >= 0.3 is 5.97 Å². The van der Waals surface area contributed by atoms with Crippen LogP contribution in [0.2, 0.25) is 0 Å². The van der Waals surface area contributed by atoms with Crippen LogP contribution in [0.15, 0.2) is 24.5 Å². The Labute approximate surface area is 174 Å². The molecule has 4 rings (SSSR count). The van der Waals surface area contributed by atoms with E-state index in [1.54, 1.807) is 0 Å². The van der Waals surface area contributed by atoms with Gasteiger partial charge in [-0.15, -0.1) is 0 Å². The Kier molecular flexibility index (Phi) is 7.51. The van der Waals surface area contributed by atoms with E-state index in [1.807, 2.05) is 9.80 Å². The summed E-state index contributed by atoms with van der Waals surface area (Å²) in [7, 11) is 1.26. The molecule has 162 valence electrons. The molecule has 2 saturated heterocycles. The molecule has 2 aliphatic rings. The summed E-state index contributed by atoms with van der Waals surface area (Å²) in [5, 5.41) is 8.80. The number of methoxy groups -OCH3 is 1. The molecule has 0 atom stereocenters. The van der Waals surface area contributed by atoms with Crippen molar-refractivity contribution >= 4 is 17.6 Å². The summed E-state index contributed by atoms with van der Waals surface area (Å²) in [5.41, 5.74) is 0.661. The van der Waals surface area contributed by atoms with Gasteiger partial charge in [-0.1, -0.05) is 0 Å². The first-order valence-electron chi connectivity index (χ1n) is 10.0. The largest absolute Gasteiger partial charge is 0.465 e. The number of pyridine rings is 2. The molecule has 0 unspecified atom stereocenters. The van der Waals surface area contributed by atoms with E-state index in [0.29, 0.717) is 17.2 Å². The van der Waals surface area contributed by atoms with Crippen LogP contribution in [-0.2, 0) is 11.3 Å². The number of hydrogen-bond donors (Lipinski definition) is 1. The van der Waals surface area contributed by atoms with E-state index in [4.69, 9.17) is 5.11 Å². The van der Waals surface area contributed by atoms with Gasteiger partial charge in [0.25, 0.3) is 0 Å². The van der Waals surface area contributed by atoms with Gasteiger partial charge in [-0.2, -0.15) is 0 Å². The molecule has 2 aliphatic heterocycles. The van der Waals surface area contributed by atoms with Gasteiger partial charge in [-0.05, 0) is 43.4 Å². The lowest BCUT2D eigenvalue weighted by Crippen LogP contribution is -2.20. The molecule has 0 aromatic carbocycles. The van der Waals surface area contributed by atoms with Gasteiger partial charge < -0.3 is 19.6 Å². The molecule has 0 saturated carbocycles. The molecule has 0 amide bonds. The van der Waals surface area contributed by atoms with Crippen LogP contribution in [0.4, 0.5) is 20.4 Å². The van der Waals surface area contributed by atoms with Gasteiger partial charge in [-0.25, -0.2) is 23.5 Å². The van der Waals surface area contributed by atoms with Gasteiger partial charge in [0.2, 0.25) is 0 Å². The minimum Gasteiger partial charge on any atom is -0.465 e. The van der Waals surface area contributed by atoms with Crippen molar-refractivity contribution in [2.24, 2.45) is 0 Å². The molecule has 0 aliphatic carbocycles. The summed E-state index contributed by atoms with van der Waals surface area (Å²) in [6.45, 7) is 3.23. The lowest BCUT2D eigenvalue weighted by molar-refractivity contribution is 0.0599. The molecular formula is C21H26F2N4O3. The number of ether oxygens (including phenoxy) is 1. The lowest BCUT2D eigenvalue weighted by atomic mass is 10.2. The number of carbonyl (C=O) groups excluding carboxylic acids is 1. The van der Waals surface area contributed by atoms with Crippen LogP contribution in [0.5, 0.6) is 0 Å². The number of nitrogens with zero attached hydrogens (tertiary/aromatic N) is 4. The van der Waals surface area contributed by atoms with Crippen molar-refractivity contribution in [2.75, 3.05) is 43.1 Å². The average molecular weight is 420 g/mol. The first-order chi connectivity index (χ1) is 14.5. The molecule has 4 heterocycles. The Morgan fingerprint density at radius 2 is 1.47 bits per heavy atom. The monoisotopic (exact) mass is 420 g/mol. The fraction of sp³-hybridized carbons (Fsp3) is 0.476. The van der Waals surface area contributed by atoms with Crippen molar-refractivity contribution in [3.63, 3.8) is 0 Å². The second kappa shape index (κ2) is 10.3. The van der Waals surface area contributed by atoms with E-state index in [0.717, 1.165) is 51.9 Å². The minimum absolute atomic E-state index is 0.142. The zero-order valence-corrected chi connectivity index (χ0v) is 17.0. The molecule has 0 spiro atoms. The van der Waals surface area contributed by atoms with Gasteiger partial charge in [0.05, 0.1) is 19.3 Å². The maximum atomic E-state index is 13.7. The third-order valence-corrected chi connectivity index (χ3v) is 5.12. The maximum Gasteiger partial charge on any atom is 0.339 e. The van der Waals surface area contributed by atoms with Crippen molar-refractivity contribution in [1.29, 1.82) is 0 Å². The minimum atomic E-state index is -0.570. The second-order valence-electron chi connectivity index (χ2n) is 7.22. The normalized spacial score (nSPS) is 15.7. The quantitative estimate of drug-likeness (QED) is 0.762. The van der Waals surface area contributed by atoms with Crippen molar-refractivity contribution in [2.45, 2.75) is 32.3 Å². The maximum absolute atomic E-state index is 13.7. The number of aliphatic hydroxyl groups excluding tert-OH is 1. The third-order valence-electron chi connectivity index (χ3n) is 5.12. The lowest BCUT2D eigenvalue weighted by Gasteiger charge is -2.16. The van der Waals surface area contributed by atoms with Crippen molar-refractivity contribution in [1.82, 2.24) is 9.97 Å². The van der Waals surface area contributed by atoms with Crippen LogP contribution in [0.1, 0.15) is 41.6 Å². The highest BCUT2D eigenvalue weighted by atomic mass is 19.1. The zero-order valence-electron chi connectivity index (χ0n) is 17.0. The number of aliphatic hydroxyl groups is 1. The van der Waals surface area contributed by atoms with E-state index in [9.17, 15) is 13.6 Å². The van der Waals surface area contributed by atoms with E-state index in [2.05, 4.69) is 14.7 Å². The van der Waals surface area contributed by atoms with Crippen molar-refractivity contribution in [3.8, 4) is 0 Å². The highest BCUT2D eigenvalue weighted by Crippen LogP contribution is 2.22. The second-order valence-corrected chi connectivity index (χ2v) is 7.22. The molecule has 2 aromatic heterocycles. The van der Waals surface area contributed by atoms with E-state index < -0.39 is 11.8 Å². The predicted octanol–water partition coefficient (Wildman–Crippen LogP) is 2.92. The molecule has 30 heavy (non-hydrogen) atoms. The van der Waals surface area contributed by atoms with Crippen molar-refractivity contribution in [3.05, 3.63) is 47.3 Å². The number of anilines is 2. The van der Waals surface area contributed by atoms with Gasteiger partial charge in [-0.3, -0.25) is 0 Å². The van der Waals surface area contributed by atoms with Crippen LogP contribution < -0.4 is 9.80 Å². The summed E-state index contributed by atoms with van der Waals surface area (Å²) in [4.78, 5) is 23.0. The van der Waals surface area contributed by atoms with Crippen LogP contribution in [-0.4, -0.2) is 54.3 Å². The first kappa shape index (κ1) is 21.9. The van der Waals surface area contributed by atoms with Crippen LogP contribution >= 0.6 is 0 Å². The van der Waals surface area contributed by atoms with Gasteiger partial charge in [0.1, 0.15) is 0 Å². The molecule has 0 radical (unpaired) electrons. The average Bonchev–Trinajstić information content (AvgIpc) is 3.48. The molecule has 9 heteroatoms. The SMILES string of the molecule is COC(=O)c1cnc(N2CCCC2)c(F)c1.OCc1cnc(N2CCCC2)c(F)c1. The number of aromatic nitrogens is 2. The highest BCUT2D eigenvalue weighted by molar-refractivity contribution is 5.89. The number of carbonyl (C=O) groups is 1.